The fraction of sp³-hybridized carbons (Fsp3) is 0.316. The molecule has 0 heterocycles. The Hall–Kier alpha value is -2.71. The average molecular weight is 381 g/mol. The van der Waals surface area contributed by atoms with Crippen LogP contribution in [-0.2, 0) is 11.3 Å². The number of alkyl carbamates (subject to hydrolysis) is 1. The standard InChI is InChI=1S/C19H21F2NO5/c1-26-17-10-15(21)14(20)9-13(17)18(24)16(23)7-8-22-19(25)27-11-12-5-3-2-4-6-12/h2-6,9-10,16,18,23-24H,7-8,11H2,1H3,(H,22,25). The first-order valence-corrected chi connectivity index (χ1v) is 8.26. The van der Waals surface area contributed by atoms with Crippen LogP contribution in [0.2, 0.25) is 0 Å². The molecule has 0 aliphatic carbocycles. The Labute approximate surface area is 155 Å². The molecule has 3 N–H and O–H groups in total. The molecule has 2 rings (SSSR count). The minimum atomic E-state index is -1.52. The first-order valence-electron chi connectivity index (χ1n) is 8.26. The van der Waals surface area contributed by atoms with E-state index in [0.717, 1.165) is 17.7 Å². The van der Waals surface area contributed by atoms with Crippen molar-refractivity contribution in [3.8, 4) is 5.75 Å². The van der Waals surface area contributed by atoms with Gasteiger partial charge in [0.2, 0.25) is 0 Å². The van der Waals surface area contributed by atoms with Crippen molar-refractivity contribution in [2.75, 3.05) is 13.7 Å². The SMILES string of the molecule is COc1cc(F)c(F)cc1C(O)C(O)CCNC(=O)OCc1ccccc1. The lowest BCUT2D eigenvalue weighted by molar-refractivity contribution is 0.0121. The van der Waals surface area contributed by atoms with E-state index in [-0.39, 0.29) is 30.9 Å². The number of methoxy groups -OCH3 is 1. The zero-order valence-corrected chi connectivity index (χ0v) is 14.7. The Bertz CT molecular complexity index is 757. The Kier molecular flexibility index (Phi) is 7.51. The van der Waals surface area contributed by atoms with Gasteiger partial charge in [-0.1, -0.05) is 30.3 Å². The van der Waals surface area contributed by atoms with Gasteiger partial charge in [0.1, 0.15) is 18.5 Å². The molecule has 6 nitrogen and oxygen atoms in total. The van der Waals surface area contributed by atoms with E-state index in [1.807, 2.05) is 30.3 Å². The molecular weight excluding hydrogens is 360 g/mol. The largest absolute Gasteiger partial charge is 0.496 e. The lowest BCUT2D eigenvalue weighted by atomic mass is 10.0. The number of carbonyl (C=O) groups is 1. The number of benzene rings is 2. The van der Waals surface area contributed by atoms with Crippen LogP contribution in [0.4, 0.5) is 13.6 Å². The number of rotatable bonds is 8. The molecule has 0 aliphatic rings. The van der Waals surface area contributed by atoms with Crippen LogP contribution in [-0.4, -0.2) is 36.1 Å². The van der Waals surface area contributed by atoms with Gasteiger partial charge in [-0.05, 0) is 18.1 Å². The van der Waals surface area contributed by atoms with Crippen molar-refractivity contribution in [2.24, 2.45) is 0 Å². The van der Waals surface area contributed by atoms with Gasteiger partial charge in [-0.3, -0.25) is 0 Å². The molecule has 0 fully saturated rings. The van der Waals surface area contributed by atoms with E-state index >= 15 is 0 Å². The number of carbonyl (C=O) groups excluding carboxylic acids is 1. The second-order valence-corrected chi connectivity index (χ2v) is 5.80. The summed E-state index contributed by atoms with van der Waals surface area (Å²) in [5, 5.41) is 22.7. The van der Waals surface area contributed by atoms with Crippen LogP contribution in [0.3, 0.4) is 0 Å². The van der Waals surface area contributed by atoms with E-state index in [1.54, 1.807) is 0 Å². The molecule has 0 saturated carbocycles. The molecule has 0 spiro atoms. The fourth-order valence-electron chi connectivity index (χ4n) is 2.41. The van der Waals surface area contributed by atoms with Crippen molar-refractivity contribution in [1.29, 1.82) is 0 Å². The highest BCUT2D eigenvalue weighted by molar-refractivity contribution is 5.67. The maximum Gasteiger partial charge on any atom is 0.407 e. The zero-order chi connectivity index (χ0) is 19.8. The summed E-state index contributed by atoms with van der Waals surface area (Å²) in [6.45, 7) is 0.113. The molecule has 0 aliphatic heterocycles. The number of aliphatic hydroxyl groups excluding tert-OH is 2. The molecule has 2 aromatic carbocycles. The third-order valence-electron chi connectivity index (χ3n) is 3.88. The summed E-state index contributed by atoms with van der Waals surface area (Å²) in [7, 11) is 1.24. The Morgan fingerprint density at radius 3 is 2.48 bits per heavy atom. The molecule has 0 bridgehead atoms. The third-order valence-corrected chi connectivity index (χ3v) is 3.88. The summed E-state index contributed by atoms with van der Waals surface area (Å²) < 4.78 is 36.6. The van der Waals surface area contributed by atoms with Gasteiger partial charge >= 0.3 is 6.09 Å². The van der Waals surface area contributed by atoms with E-state index < -0.39 is 29.9 Å². The quantitative estimate of drug-likeness (QED) is 0.654. The molecule has 1 amide bonds. The van der Waals surface area contributed by atoms with Crippen LogP contribution < -0.4 is 10.1 Å². The van der Waals surface area contributed by atoms with Crippen molar-refractivity contribution < 1.29 is 33.3 Å². The number of nitrogens with one attached hydrogen (secondary N) is 1. The normalized spacial score (nSPS) is 12.9. The van der Waals surface area contributed by atoms with Crippen molar-refractivity contribution in [2.45, 2.75) is 25.2 Å². The van der Waals surface area contributed by atoms with Crippen LogP contribution in [0.5, 0.6) is 5.75 Å². The topological polar surface area (TPSA) is 88.0 Å². The maximum atomic E-state index is 13.4. The van der Waals surface area contributed by atoms with Gasteiger partial charge in [-0.15, -0.1) is 0 Å². The molecule has 2 atom stereocenters. The zero-order valence-electron chi connectivity index (χ0n) is 14.7. The van der Waals surface area contributed by atoms with Crippen LogP contribution in [0.15, 0.2) is 42.5 Å². The second kappa shape index (κ2) is 9.84. The van der Waals surface area contributed by atoms with Crippen LogP contribution in [0.1, 0.15) is 23.7 Å². The fourth-order valence-corrected chi connectivity index (χ4v) is 2.41. The van der Waals surface area contributed by atoms with Crippen LogP contribution >= 0.6 is 0 Å². The molecule has 146 valence electrons. The van der Waals surface area contributed by atoms with E-state index in [2.05, 4.69) is 5.32 Å². The van der Waals surface area contributed by atoms with E-state index in [4.69, 9.17) is 9.47 Å². The van der Waals surface area contributed by atoms with Gasteiger partial charge in [0, 0.05) is 18.2 Å². The summed E-state index contributed by atoms with van der Waals surface area (Å²) in [6.07, 6.45) is -3.56. The number of hydrogen-bond acceptors (Lipinski definition) is 5. The number of aliphatic hydroxyl groups is 2. The summed E-state index contributed by atoms with van der Waals surface area (Å²) in [4.78, 5) is 11.6. The summed E-state index contributed by atoms with van der Waals surface area (Å²) >= 11 is 0. The number of hydrogen-bond donors (Lipinski definition) is 3. The van der Waals surface area contributed by atoms with Gasteiger partial charge in [-0.2, -0.15) is 0 Å². The van der Waals surface area contributed by atoms with E-state index in [0.29, 0.717) is 0 Å². The van der Waals surface area contributed by atoms with Gasteiger partial charge in [-0.25, -0.2) is 13.6 Å². The number of ether oxygens (including phenoxy) is 2. The molecule has 27 heavy (non-hydrogen) atoms. The summed E-state index contributed by atoms with van der Waals surface area (Å²) in [5.74, 6) is -2.38. The first kappa shape index (κ1) is 20.6. The van der Waals surface area contributed by atoms with Crippen molar-refractivity contribution in [1.82, 2.24) is 5.32 Å². The second-order valence-electron chi connectivity index (χ2n) is 5.80. The van der Waals surface area contributed by atoms with Crippen LogP contribution in [0.25, 0.3) is 0 Å². The molecular formula is C19H21F2NO5. The van der Waals surface area contributed by atoms with Crippen molar-refractivity contribution in [3.05, 3.63) is 65.2 Å². The summed E-state index contributed by atoms with van der Waals surface area (Å²) in [6, 6.07) is 10.7. The number of amides is 1. The molecule has 2 aromatic rings. The molecule has 8 heteroatoms. The van der Waals surface area contributed by atoms with Gasteiger partial charge in [0.15, 0.2) is 11.6 Å². The molecule has 2 unspecified atom stereocenters. The predicted molar refractivity (Wildman–Crippen MR) is 93.1 cm³/mol. The molecule has 0 radical (unpaired) electrons. The highest BCUT2D eigenvalue weighted by Crippen LogP contribution is 2.30. The smallest absolute Gasteiger partial charge is 0.407 e. The van der Waals surface area contributed by atoms with Crippen LogP contribution in [0, 0.1) is 11.6 Å². The molecule has 0 aromatic heterocycles. The minimum Gasteiger partial charge on any atom is -0.496 e. The Balaban J connectivity index is 1.82. The lowest BCUT2D eigenvalue weighted by Crippen LogP contribution is -2.30. The Morgan fingerprint density at radius 2 is 1.81 bits per heavy atom. The van der Waals surface area contributed by atoms with E-state index in [1.165, 1.54) is 7.11 Å². The van der Waals surface area contributed by atoms with Crippen molar-refractivity contribution in [3.63, 3.8) is 0 Å². The first-order chi connectivity index (χ1) is 12.9. The third kappa shape index (κ3) is 5.90. The lowest BCUT2D eigenvalue weighted by Gasteiger charge is -2.20. The highest BCUT2D eigenvalue weighted by atomic mass is 19.2. The minimum absolute atomic E-state index is 0.0117. The summed E-state index contributed by atoms with van der Waals surface area (Å²) in [5.41, 5.74) is 0.740. The predicted octanol–water partition coefficient (Wildman–Crippen LogP) is 2.68. The average Bonchev–Trinajstić information content (AvgIpc) is 2.68. The van der Waals surface area contributed by atoms with E-state index in [9.17, 15) is 23.8 Å². The number of halogens is 2. The van der Waals surface area contributed by atoms with Gasteiger partial charge in [0.25, 0.3) is 0 Å². The molecule has 0 saturated heterocycles. The van der Waals surface area contributed by atoms with Gasteiger partial charge in [0.05, 0.1) is 13.2 Å². The maximum absolute atomic E-state index is 13.4. The monoisotopic (exact) mass is 381 g/mol. The Morgan fingerprint density at radius 1 is 1.15 bits per heavy atom. The van der Waals surface area contributed by atoms with Gasteiger partial charge < -0.3 is 25.0 Å². The highest BCUT2D eigenvalue weighted by Gasteiger charge is 2.24. The van der Waals surface area contributed by atoms with Crippen molar-refractivity contribution >= 4 is 6.09 Å².